The number of hydrogen-bond acceptors (Lipinski definition) is 2. The van der Waals surface area contributed by atoms with Gasteiger partial charge >= 0.3 is 6.18 Å². The molecule has 1 aliphatic rings. The van der Waals surface area contributed by atoms with E-state index >= 15 is 0 Å². The summed E-state index contributed by atoms with van der Waals surface area (Å²) in [6.07, 6.45) is -7.73. The first-order chi connectivity index (χ1) is 15.2. The summed E-state index contributed by atoms with van der Waals surface area (Å²) >= 11 is 18.2. The molecule has 13 heteroatoms. The van der Waals surface area contributed by atoms with Gasteiger partial charge in [-0.3, -0.25) is 9.59 Å². The predicted octanol–water partition coefficient (Wildman–Crippen LogP) is 6.23. The van der Waals surface area contributed by atoms with Crippen LogP contribution in [0.1, 0.15) is 33.8 Å². The highest BCUT2D eigenvalue weighted by Gasteiger charge is 2.67. The van der Waals surface area contributed by atoms with Crippen molar-refractivity contribution in [2.75, 3.05) is 11.9 Å². The first kappa shape index (κ1) is 25.5. The fraction of sp³-hybridized carbons (Fsp3) is 0.300. The van der Waals surface area contributed by atoms with Crippen LogP contribution in [0.5, 0.6) is 0 Å². The molecule has 0 bridgehead atoms. The van der Waals surface area contributed by atoms with Crippen molar-refractivity contribution < 1.29 is 35.9 Å². The average molecular weight is 534 g/mol. The molecule has 2 N–H and O–H groups in total. The van der Waals surface area contributed by atoms with Crippen LogP contribution in [0.25, 0.3) is 0 Å². The lowest BCUT2D eigenvalue weighted by Gasteiger charge is -2.11. The fourth-order valence-electron chi connectivity index (χ4n) is 3.26. The zero-order valence-corrected chi connectivity index (χ0v) is 18.4. The van der Waals surface area contributed by atoms with Crippen molar-refractivity contribution in [1.29, 1.82) is 0 Å². The second-order valence-electron chi connectivity index (χ2n) is 7.19. The standard InChI is InChI=1S/C20H13Cl3F6N2O2/c21-12-3-2-9(6-10(12)17(32)30-7-19(27,28)29)31-18(33)15-14(20(15,22)23)8-1-4-13(24)11(5-8)16(25)26/h1-6,14-16H,7H2,(H,30,32)(H,31,33)/t14-,15+/m1/s1. The summed E-state index contributed by atoms with van der Waals surface area (Å²) in [6.45, 7) is -1.58. The van der Waals surface area contributed by atoms with Crippen molar-refractivity contribution in [2.45, 2.75) is 22.9 Å². The van der Waals surface area contributed by atoms with Crippen molar-refractivity contribution in [3.8, 4) is 0 Å². The van der Waals surface area contributed by atoms with E-state index in [2.05, 4.69) is 5.32 Å². The van der Waals surface area contributed by atoms with Gasteiger partial charge in [0.2, 0.25) is 5.91 Å². The Morgan fingerprint density at radius 2 is 1.76 bits per heavy atom. The van der Waals surface area contributed by atoms with Gasteiger partial charge in [0.05, 0.1) is 22.1 Å². The summed E-state index contributed by atoms with van der Waals surface area (Å²) in [7, 11) is 0. The van der Waals surface area contributed by atoms with E-state index in [0.29, 0.717) is 0 Å². The molecule has 33 heavy (non-hydrogen) atoms. The topological polar surface area (TPSA) is 58.2 Å². The Morgan fingerprint density at radius 3 is 2.36 bits per heavy atom. The van der Waals surface area contributed by atoms with Crippen molar-refractivity contribution in [3.05, 3.63) is 63.9 Å². The van der Waals surface area contributed by atoms with E-state index in [0.717, 1.165) is 18.2 Å². The Bertz CT molecular complexity index is 1090. The molecule has 1 aliphatic carbocycles. The van der Waals surface area contributed by atoms with Gasteiger partial charge in [-0.15, -0.1) is 23.2 Å². The molecule has 0 saturated heterocycles. The molecule has 0 radical (unpaired) electrons. The molecule has 2 atom stereocenters. The van der Waals surface area contributed by atoms with E-state index in [1.807, 2.05) is 0 Å². The van der Waals surface area contributed by atoms with E-state index in [1.54, 1.807) is 5.32 Å². The largest absolute Gasteiger partial charge is 0.405 e. The smallest absolute Gasteiger partial charge is 0.343 e. The van der Waals surface area contributed by atoms with Gasteiger partial charge in [0.15, 0.2) is 0 Å². The van der Waals surface area contributed by atoms with Crippen LogP contribution < -0.4 is 10.6 Å². The zero-order chi connectivity index (χ0) is 24.7. The zero-order valence-electron chi connectivity index (χ0n) is 16.1. The summed E-state index contributed by atoms with van der Waals surface area (Å²) < 4.78 is 74.9. The van der Waals surface area contributed by atoms with Gasteiger partial charge in [0.1, 0.15) is 16.7 Å². The first-order valence-electron chi connectivity index (χ1n) is 9.13. The minimum Gasteiger partial charge on any atom is -0.343 e. The molecule has 4 nitrogen and oxygen atoms in total. The normalized spacial score (nSPS) is 19.3. The molecule has 2 amide bonds. The summed E-state index contributed by atoms with van der Waals surface area (Å²) in [5.74, 6) is -5.04. The molecule has 2 aromatic rings. The third-order valence-corrected chi connectivity index (χ3v) is 6.15. The third-order valence-electron chi connectivity index (χ3n) is 4.88. The fourth-order valence-corrected chi connectivity index (χ4v) is 4.29. The molecule has 0 aromatic heterocycles. The van der Waals surface area contributed by atoms with Crippen molar-refractivity contribution in [2.24, 2.45) is 5.92 Å². The number of alkyl halides is 7. The number of carbonyl (C=O) groups is 2. The molecular formula is C20H13Cl3F6N2O2. The lowest BCUT2D eigenvalue weighted by molar-refractivity contribution is -0.123. The highest BCUT2D eigenvalue weighted by molar-refractivity contribution is 6.53. The summed E-state index contributed by atoms with van der Waals surface area (Å²) in [5.41, 5.74) is -1.06. The third kappa shape index (κ3) is 5.67. The SMILES string of the molecule is O=C(NCC(F)(F)F)c1cc(NC(=O)[C@@H]2[C@@H](c3ccc(F)c(C(F)F)c3)C2(Cl)Cl)ccc1Cl. The monoisotopic (exact) mass is 532 g/mol. The highest BCUT2D eigenvalue weighted by Crippen LogP contribution is 2.65. The Hall–Kier alpha value is -2.17. The number of halogens is 9. The van der Waals surface area contributed by atoms with Crippen LogP contribution in [0, 0.1) is 11.7 Å². The van der Waals surface area contributed by atoms with Crippen LogP contribution in [0.4, 0.5) is 32.0 Å². The minimum absolute atomic E-state index is 0.00344. The molecule has 0 spiro atoms. The highest BCUT2D eigenvalue weighted by atomic mass is 35.5. The van der Waals surface area contributed by atoms with Gasteiger partial charge < -0.3 is 10.6 Å². The minimum atomic E-state index is -4.64. The Morgan fingerprint density at radius 1 is 1.09 bits per heavy atom. The Kier molecular flexibility index (Phi) is 7.12. The van der Waals surface area contributed by atoms with E-state index < -0.39 is 58.5 Å². The van der Waals surface area contributed by atoms with Crippen molar-refractivity contribution >= 4 is 52.3 Å². The summed E-state index contributed by atoms with van der Waals surface area (Å²) in [4.78, 5) is 24.7. The lowest BCUT2D eigenvalue weighted by atomic mass is 10.0. The number of anilines is 1. The molecule has 0 heterocycles. The van der Waals surface area contributed by atoms with Crippen molar-refractivity contribution in [3.63, 3.8) is 0 Å². The van der Waals surface area contributed by atoms with Gasteiger partial charge in [-0.05, 0) is 35.9 Å². The van der Waals surface area contributed by atoms with E-state index in [-0.39, 0.29) is 21.8 Å². The van der Waals surface area contributed by atoms with Crippen LogP contribution >= 0.6 is 34.8 Å². The van der Waals surface area contributed by atoms with E-state index in [4.69, 9.17) is 34.8 Å². The van der Waals surface area contributed by atoms with Crippen LogP contribution in [0.3, 0.4) is 0 Å². The molecule has 178 valence electrons. The maximum atomic E-state index is 13.6. The van der Waals surface area contributed by atoms with Crippen LogP contribution in [-0.2, 0) is 4.79 Å². The molecule has 1 fully saturated rings. The second kappa shape index (κ2) is 9.23. The van der Waals surface area contributed by atoms with Gasteiger partial charge in [0, 0.05) is 11.6 Å². The Balaban J connectivity index is 1.76. The molecule has 3 rings (SSSR count). The van der Waals surface area contributed by atoms with Crippen LogP contribution in [-0.4, -0.2) is 28.9 Å². The molecule has 1 saturated carbocycles. The van der Waals surface area contributed by atoms with Crippen LogP contribution in [0.15, 0.2) is 36.4 Å². The van der Waals surface area contributed by atoms with Gasteiger partial charge in [-0.2, -0.15) is 13.2 Å². The second-order valence-corrected chi connectivity index (χ2v) is 9.04. The quantitative estimate of drug-likeness (QED) is 0.341. The maximum absolute atomic E-state index is 13.6. The summed E-state index contributed by atoms with van der Waals surface area (Å²) in [5, 5.41) is 3.91. The van der Waals surface area contributed by atoms with Crippen LogP contribution in [0.2, 0.25) is 5.02 Å². The number of benzene rings is 2. The number of nitrogens with one attached hydrogen (secondary N) is 2. The van der Waals surface area contributed by atoms with E-state index in [1.165, 1.54) is 18.2 Å². The molecular weight excluding hydrogens is 521 g/mol. The number of rotatable bonds is 6. The number of hydrogen-bond donors (Lipinski definition) is 2. The van der Waals surface area contributed by atoms with Gasteiger partial charge in [-0.25, -0.2) is 13.2 Å². The summed E-state index contributed by atoms with van der Waals surface area (Å²) in [6, 6.07) is 6.41. The van der Waals surface area contributed by atoms with Gasteiger partial charge in [0.25, 0.3) is 12.3 Å². The number of amides is 2. The first-order valence-corrected chi connectivity index (χ1v) is 10.3. The Labute approximate surface area is 198 Å². The molecule has 0 unspecified atom stereocenters. The van der Waals surface area contributed by atoms with Gasteiger partial charge in [-0.1, -0.05) is 17.7 Å². The molecule has 2 aromatic carbocycles. The predicted molar refractivity (Wildman–Crippen MR) is 110 cm³/mol. The van der Waals surface area contributed by atoms with Crippen molar-refractivity contribution in [1.82, 2.24) is 5.32 Å². The molecule has 0 aliphatic heterocycles. The lowest BCUT2D eigenvalue weighted by Crippen LogP contribution is -2.33. The average Bonchev–Trinajstić information content (AvgIpc) is 3.29. The number of carbonyl (C=O) groups excluding carboxylic acids is 2. The van der Waals surface area contributed by atoms with E-state index in [9.17, 15) is 35.9 Å². The maximum Gasteiger partial charge on any atom is 0.405 e.